The minimum absolute atomic E-state index is 0.0415. The average Bonchev–Trinajstić information content (AvgIpc) is 2.99. The lowest BCUT2D eigenvalue weighted by Gasteiger charge is -2.20. The number of carbonyl (C=O) groups is 2. The predicted molar refractivity (Wildman–Crippen MR) is 93.6 cm³/mol. The van der Waals surface area contributed by atoms with E-state index >= 15 is 0 Å². The number of hydrogen-bond donors (Lipinski definition) is 1. The van der Waals surface area contributed by atoms with Crippen LogP contribution in [-0.2, 0) is 16.0 Å². The standard InChI is InChI=1S/C19H26N2O4/c22-18(9-7-15-6-8-16-17(13-15)25-14-24-16)20-10-4-12-21-11-3-1-2-5-19(21)23/h6,8,13H,1-5,7,9-12,14H2,(H,20,22). The van der Waals surface area contributed by atoms with Crippen molar-refractivity contribution >= 4 is 11.8 Å². The normalized spacial score (nSPS) is 16.6. The minimum atomic E-state index is 0.0415. The van der Waals surface area contributed by atoms with Crippen molar-refractivity contribution < 1.29 is 19.1 Å². The molecule has 0 unspecified atom stereocenters. The largest absolute Gasteiger partial charge is 0.454 e. The van der Waals surface area contributed by atoms with E-state index < -0.39 is 0 Å². The van der Waals surface area contributed by atoms with Crippen molar-refractivity contribution in [1.29, 1.82) is 0 Å². The topological polar surface area (TPSA) is 67.9 Å². The van der Waals surface area contributed by atoms with E-state index in [0.29, 0.717) is 25.8 Å². The molecule has 136 valence electrons. The summed E-state index contributed by atoms with van der Waals surface area (Å²) in [6.07, 6.45) is 5.83. The summed E-state index contributed by atoms with van der Waals surface area (Å²) in [6.45, 7) is 2.47. The number of amides is 2. The highest BCUT2D eigenvalue weighted by molar-refractivity contribution is 5.77. The van der Waals surface area contributed by atoms with Crippen molar-refractivity contribution in [3.63, 3.8) is 0 Å². The molecule has 0 radical (unpaired) electrons. The number of nitrogens with one attached hydrogen (secondary N) is 1. The van der Waals surface area contributed by atoms with Crippen molar-refractivity contribution in [2.75, 3.05) is 26.4 Å². The van der Waals surface area contributed by atoms with Crippen LogP contribution in [0.15, 0.2) is 18.2 Å². The molecule has 0 spiro atoms. The maximum Gasteiger partial charge on any atom is 0.231 e. The Hall–Kier alpha value is -2.24. The van der Waals surface area contributed by atoms with Crippen molar-refractivity contribution in [2.45, 2.75) is 44.9 Å². The molecule has 0 saturated carbocycles. The maximum atomic E-state index is 12.0. The number of ether oxygens (including phenoxy) is 2. The van der Waals surface area contributed by atoms with Gasteiger partial charge < -0.3 is 19.7 Å². The third kappa shape index (κ3) is 5.11. The first kappa shape index (κ1) is 17.6. The zero-order chi connectivity index (χ0) is 17.5. The monoisotopic (exact) mass is 346 g/mol. The second-order valence-corrected chi connectivity index (χ2v) is 6.58. The SMILES string of the molecule is O=C(CCc1ccc2c(c1)OCO2)NCCCN1CCCCCC1=O. The number of benzene rings is 1. The number of fused-ring (bicyclic) bond motifs is 1. The molecule has 0 bridgehead atoms. The van der Waals surface area contributed by atoms with E-state index in [0.717, 1.165) is 55.8 Å². The lowest BCUT2D eigenvalue weighted by Crippen LogP contribution is -2.34. The quantitative estimate of drug-likeness (QED) is 0.769. The van der Waals surface area contributed by atoms with Crippen LogP contribution >= 0.6 is 0 Å². The fraction of sp³-hybridized carbons (Fsp3) is 0.579. The van der Waals surface area contributed by atoms with E-state index in [1.165, 1.54) is 0 Å². The van der Waals surface area contributed by atoms with Gasteiger partial charge in [-0.1, -0.05) is 12.5 Å². The molecule has 0 aromatic heterocycles. The third-order valence-electron chi connectivity index (χ3n) is 4.68. The Morgan fingerprint density at radius 3 is 2.96 bits per heavy atom. The van der Waals surface area contributed by atoms with Crippen LogP contribution in [0.25, 0.3) is 0 Å². The van der Waals surface area contributed by atoms with Crippen LogP contribution in [0.2, 0.25) is 0 Å². The Labute approximate surface area is 148 Å². The Morgan fingerprint density at radius 1 is 1.16 bits per heavy atom. The van der Waals surface area contributed by atoms with Gasteiger partial charge in [-0.05, 0) is 43.4 Å². The fourth-order valence-corrected chi connectivity index (χ4v) is 3.22. The third-order valence-corrected chi connectivity index (χ3v) is 4.68. The second-order valence-electron chi connectivity index (χ2n) is 6.58. The molecular formula is C19H26N2O4. The van der Waals surface area contributed by atoms with Crippen LogP contribution in [0.4, 0.5) is 0 Å². The number of carbonyl (C=O) groups excluding carboxylic acids is 2. The smallest absolute Gasteiger partial charge is 0.231 e. The summed E-state index contributed by atoms with van der Waals surface area (Å²) in [5.74, 6) is 1.81. The summed E-state index contributed by atoms with van der Waals surface area (Å²) < 4.78 is 10.6. The van der Waals surface area contributed by atoms with Crippen LogP contribution < -0.4 is 14.8 Å². The molecule has 1 N–H and O–H groups in total. The zero-order valence-corrected chi connectivity index (χ0v) is 14.6. The fourth-order valence-electron chi connectivity index (χ4n) is 3.22. The summed E-state index contributed by atoms with van der Waals surface area (Å²) in [5, 5.41) is 2.94. The Bertz CT molecular complexity index is 617. The molecular weight excluding hydrogens is 320 g/mol. The Morgan fingerprint density at radius 2 is 2.04 bits per heavy atom. The molecule has 6 heteroatoms. The van der Waals surface area contributed by atoms with Gasteiger partial charge in [-0.3, -0.25) is 9.59 Å². The van der Waals surface area contributed by atoms with Gasteiger partial charge in [-0.2, -0.15) is 0 Å². The molecule has 0 atom stereocenters. The van der Waals surface area contributed by atoms with Gasteiger partial charge in [0.1, 0.15) is 0 Å². The number of nitrogens with zero attached hydrogens (tertiary/aromatic N) is 1. The first-order chi connectivity index (χ1) is 12.2. The molecule has 0 aliphatic carbocycles. The van der Waals surface area contributed by atoms with Crippen LogP contribution in [0.3, 0.4) is 0 Å². The molecule has 1 fully saturated rings. The molecule has 2 heterocycles. The van der Waals surface area contributed by atoms with Crippen molar-refractivity contribution in [3.05, 3.63) is 23.8 Å². The summed E-state index contributed by atoms with van der Waals surface area (Å²) in [7, 11) is 0. The number of likely N-dealkylation sites (tertiary alicyclic amines) is 1. The highest BCUT2D eigenvalue weighted by Crippen LogP contribution is 2.32. The van der Waals surface area contributed by atoms with Crippen LogP contribution in [0.5, 0.6) is 11.5 Å². The zero-order valence-electron chi connectivity index (χ0n) is 14.6. The second kappa shape index (κ2) is 8.74. The van der Waals surface area contributed by atoms with Gasteiger partial charge in [0.25, 0.3) is 0 Å². The van der Waals surface area contributed by atoms with Gasteiger partial charge in [0.2, 0.25) is 18.6 Å². The van der Waals surface area contributed by atoms with Gasteiger partial charge in [0.15, 0.2) is 11.5 Å². The summed E-state index contributed by atoms with van der Waals surface area (Å²) in [4.78, 5) is 25.8. The molecule has 3 rings (SSSR count). The van der Waals surface area contributed by atoms with E-state index in [9.17, 15) is 9.59 Å². The van der Waals surface area contributed by atoms with Crippen molar-refractivity contribution in [3.8, 4) is 11.5 Å². The first-order valence-electron chi connectivity index (χ1n) is 9.15. The molecule has 2 aliphatic heterocycles. The van der Waals surface area contributed by atoms with Gasteiger partial charge in [-0.25, -0.2) is 0 Å². The highest BCUT2D eigenvalue weighted by Gasteiger charge is 2.16. The van der Waals surface area contributed by atoms with Crippen molar-refractivity contribution in [2.24, 2.45) is 0 Å². The van der Waals surface area contributed by atoms with Crippen LogP contribution in [0.1, 0.15) is 44.1 Å². The van der Waals surface area contributed by atoms with E-state index in [-0.39, 0.29) is 18.6 Å². The summed E-state index contributed by atoms with van der Waals surface area (Å²) in [5.41, 5.74) is 1.06. The number of aryl methyl sites for hydroxylation is 1. The molecule has 2 aliphatic rings. The van der Waals surface area contributed by atoms with Gasteiger partial charge in [0.05, 0.1) is 0 Å². The van der Waals surface area contributed by atoms with Crippen molar-refractivity contribution in [1.82, 2.24) is 10.2 Å². The highest BCUT2D eigenvalue weighted by atomic mass is 16.7. The molecule has 1 aromatic carbocycles. The van der Waals surface area contributed by atoms with E-state index in [1.54, 1.807) is 0 Å². The Balaban J connectivity index is 1.32. The van der Waals surface area contributed by atoms with Gasteiger partial charge >= 0.3 is 0 Å². The summed E-state index contributed by atoms with van der Waals surface area (Å²) in [6, 6.07) is 5.78. The predicted octanol–water partition coefficient (Wildman–Crippen LogP) is 2.26. The number of hydrogen-bond acceptors (Lipinski definition) is 4. The summed E-state index contributed by atoms with van der Waals surface area (Å²) >= 11 is 0. The van der Waals surface area contributed by atoms with E-state index in [2.05, 4.69) is 5.32 Å². The van der Waals surface area contributed by atoms with Gasteiger partial charge in [-0.15, -0.1) is 0 Å². The van der Waals surface area contributed by atoms with Gasteiger partial charge in [0, 0.05) is 32.5 Å². The molecule has 1 saturated heterocycles. The molecule has 25 heavy (non-hydrogen) atoms. The Kier molecular flexibility index (Phi) is 6.14. The molecule has 2 amide bonds. The lowest BCUT2D eigenvalue weighted by molar-refractivity contribution is -0.130. The molecule has 6 nitrogen and oxygen atoms in total. The number of rotatable bonds is 7. The average molecular weight is 346 g/mol. The first-order valence-corrected chi connectivity index (χ1v) is 9.15. The maximum absolute atomic E-state index is 12.0. The molecule has 1 aromatic rings. The van der Waals surface area contributed by atoms with Crippen LogP contribution in [0, 0.1) is 0 Å². The minimum Gasteiger partial charge on any atom is -0.454 e. The van der Waals surface area contributed by atoms with E-state index in [1.807, 2.05) is 23.1 Å². The van der Waals surface area contributed by atoms with Crippen LogP contribution in [-0.4, -0.2) is 43.1 Å². The van der Waals surface area contributed by atoms with E-state index in [4.69, 9.17) is 9.47 Å². The lowest BCUT2D eigenvalue weighted by atomic mass is 10.1.